The van der Waals surface area contributed by atoms with Gasteiger partial charge in [0.1, 0.15) is 5.75 Å². The smallest absolute Gasteiger partial charge is 0.123 e. The van der Waals surface area contributed by atoms with Crippen molar-refractivity contribution in [3.8, 4) is 11.8 Å². The number of nitriles is 1. The number of nitrogens with zero attached hydrogens (tertiary/aromatic N) is 1. The van der Waals surface area contributed by atoms with Gasteiger partial charge in [-0.15, -0.1) is 0 Å². The van der Waals surface area contributed by atoms with Crippen LogP contribution in [0.2, 0.25) is 0 Å². The molecule has 0 aliphatic heterocycles. The largest absolute Gasteiger partial charge is 0.494 e. The van der Waals surface area contributed by atoms with Crippen LogP contribution in [0.1, 0.15) is 18.1 Å². The molecule has 0 spiro atoms. The molecule has 1 rings (SSSR count). The zero-order valence-corrected chi connectivity index (χ0v) is 9.67. The van der Waals surface area contributed by atoms with E-state index >= 15 is 0 Å². The standard InChI is InChI=1S/C11H12BrNO/c1-2-14-11-7-9(8-13)3-4-10(11)5-6-12/h3-4,7H,2,5-6H2,1H3. The molecule has 1 aromatic rings. The summed E-state index contributed by atoms with van der Waals surface area (Å²) >= 11 is 3.39. The van der Waals surface area contributed by atoms with Gasteiger partial charge in [0.05, 0.1) is 18.2 Å². The monoisotopic (exact) mass is 253 g/mol. The summed E-state index contributed by atoms with van der Waals surface area (Å²) in [5, 5.41) is 9.64. The summed E-state index contributed by atoms with van der Waals surface area (Å²) in [6.07, 6.45) is 0.918. The van der Waals surface area contributed by atoms with Crippen LogP contribution in [-0.2, 0) is 6.42 Å². The number of hydrogen-bond acceptors (Lipinski definition) is 2. The summed E-state index contributed by atoms with van der Waals surface area (Å²) < 4.78 is 5.46. The average molecular weight is 254 g/mol. The summed E-state index contributed by atoms with van der Waals surface area (Å²) in [5.41, 5.74) is 1.79. The van der Waals surface area contributed by atoms with E-state index in [0.29, 0.717) is 12.2 Å². The molecule has 0 aromatic heterocycles. The molecule has 0 fully saturated rings. The molecular weight excluding hydrogens is 242 g/mol. The Balaban J connectivity index is 2.98. The van der Waals surface area contributed by atoms with E-state index in [-0.39, 0.29) is 0 Å². The predicted molar refractivity (Wildman–Crippen MR) is 59.8 cm³/mol. The van der Waals surface area contributed by atoms with Crippen LogP contribution in [0.15, 0.2) is 18.2 Å². The van der Waals surface area contributed by atoms with Crippen LogP contribution in [-0.4, -0.2) is 11.9 Å². The first kappa shape index (κ1) is 11.1. The second-order valence-corrected chi connectivity index (χ2v) is 3.60. The Morgan fingerprint density at radius 1 is 1.50 bits per heavy atom. The van der Waals surface area contributed by atoms with Crippen molar-refractivity contribution >= 4 is 15.9 Å². The van der Waals surface area contributed by atoms with Crippen LogP contribution >= 0.6 is 15.9 Å². The van der Waals surface area contributed by atoms with Gasteiger partial charge in [0.25, 0.3) is 0 Å². The summed E-state index contributed by atoms with van der Waals surface area (Å²) in [5.74, 6) is 0.825. The Morgan fingerprint density at radius 2 is 2.29 bits per heavy atom. The van der Waals surface area contributed by atoms with Crippen LogP contribution < -0.4 is 4.74 Å². The molecular formula is C11H12BrNO. The second-order valence-electron chi connectivity index (χ2n) is 2.81. The van der Waals surface area contributed by atoms with E-state index in [9.17, 15) is 0 Å². The van der Waals surface area contributed by atoms with Crippen LogP contribution in [0.25, 0.3) is 0 Å². The first-order valence-corrected chi connectivity index (χ1v) is 5.65. The molecule has 0 bridgehead atoms. The molecule has 0 saturated carbocycles. The summed E-state index contributed by atoms with van der Waals surface area (Å²) in [6.45, 7) is 2.57. The molecule has 14 heavy (non-hydrogen) atoms. The maximum Gasteiger partial charge on any atom is 0.123 e. The van der Waals surface area contributed by atoms with Crippen LogP contribution in [0, 0.1) is 11.3 Å². The minimum Gasteiger partial charge on any atom is -0.494 e. The maximum atomic E-state index is 8.74. The molecule has 1 aromatic carbocycles. The SMILES string of the molecule is CCOc1cc(C#N)ccc1CCBr. The minimum absolute atomic E-state index is 0.629. The Labute approximate surface area is 92.6 Å². The van der Waals surface area contributed by atoms with Crippen LogP contribution in [0.4, 0.5) is 0 Å². The fraction of sp³-hybridized carbons (Fsp3) is 0.364. The van der Waals surface area contributed by atoms with Crippen molar-refractivity contribution < 1.29 is 4.74 Å². The van der Waals surface area contributed by atoms with Crippen molar-refractivity contribution in [3.05, 3.63) is 29.3 Å². The Morgan fingerprint density at radius 3 is 2.86 bits per heavy atom. The van der Waals surface area contributed by atoms with Crippen molar-refractivity contribution in [1.29, 1.82) is 5.26 Å². The van der Waals surface area contributed by atoms with E-state index in [4.69, 9.17) is 10.00 Å². The first-order chi connectivity index (χ1) is 6.81. The normalized spacial score (nSPS) is 9.50. The van der Waals surface area contributed by atoms with Crippen LogP contribution in [0.5, 0.6) is 5.75 Å². The predicted octanol–water partition coefficient (Wildman–Crippen LogP) is 2.89. The van der Waals surface area contributed by atoms with Crippen molar-refractivity contribution in [2.45, 2.75) is 13.3 Å². The fourth-order valence-corrected chi connectivity index (χ4v) is 1.65. The molecule has 74 valence electrons. The lowest BCUT2D eigenvalue weighted by molar-refractivity contribution is 0.337. The third-order valence-electron chi connectivity index (χ3n) is 1.86. The van der Waals surface area contributed by atoms with Gasteiger partial charge in [0.15, 0.2) is 0 Å². The van der Waals surface area contributed by atoms with Gasteiger partial charge in [-0.1, -0.05) is 22.0 Å². The maximum absolute atomic E-state index is 8.74. The number of rotatable bonds is 4. The Kier molecular flexibility index (Phi) is 4.48. The van der Waals surface area contributed by atoms with Crippen molar-refractivity contribution in [2.75, 3.05) is 11.9 Å². The third kappa shape index (κ3) is 2.74. The summed E-state index contributed by atoms with van der Waals surface area (Å²) in [7, 11) is 0. The third-order valence-corrected chi connectivity index (χ3v) is 2.26. The highest BCUT2D eigenvalue weighted by molar-refractivity contribution is 9.09. The van der Waals surface area contributed by atoms with E-state index in [1.165, 1.54) is 0 Å². The molecule has 0 aliphatic carbocycles. The van der Waals surface area contributed by atoms with Gasteiger partial charge < -0.3 is 4.74 Å². The molecule has 2 nitrogen and oxygen atoms in total. The highest BCUT2D eigenvalue weighted by Gasteiger charge is 2.03. The van der Waals surface area contributed by atoms with E-state index in [1.807, 2.05) is 19.1 Å². The number of aryl methyl sites for hydroxylation is 1. The lowest BCUT2D eigenvalue weighted by Gasteiger charge is -2.08. The van der Waals surface area contributed by atoms with Crippen LogP contribution in [0.3, 0.4) is 0 Å². The topological polar surface area (TPSA) is 33.0 Å². The first-order valence-electron chi connectivity index (χ1n) is 4.53. The second kappa shape index (κ2) is 5.66. The lowest BCUT2D eigenvalue weighted by Crippen LogP contribution is -1.98. The van der Waals surface area contributed by atoms with Crippen molar-refractivity contribution in [1.82, 2.24) is 0 Å². The quantitative estimate of drug-likeness (QED) is 0.774. The molecule has 0 heterocycles. The van der Waals surface area contributed by atoms with Gasteiger partial charge in [-0.3, -0.25) is 0 Å². The van der Waals surface area contributed by atoms with Crippen molar-refractivity contribution in [2.24, 2.45) is 0 Å². The molecule has 0 amide bonds. The zero-order valence-electron chi connectivity index (χ0n) is 8.09. The van der Waals surface area contributed by atoms with Gasteiger partial charge in [-0.2, -0.15) is 5.26 Å². The van der Waals surface area contributed by atoms with E-state index < -0.39 is 0 Å². The van der Waals surface area contributed by atoms with Crippen molar-refractivity contribution in [3.63, 3.8) is 0 Å². The van der Waals surface area contributed by atoms with Gasteiger partial charge in [0.2, 0.25) is 0 Å². The van der Waals surface area contributed by atoms with E-state index in [0.717, 1.165) is 23.1 Å². The number of ether oxygens (including phenoxy) is 1. The molecule has 3 heteroatoms. The van der Waals surface area contributed by atoms with E-state index in [1.54, 1.807) is 6.07 Å². The van der Waals surface area contributed by atoms with Gasteiger partial charge in [-0.25, -0.2) is 0 Å². The van der Waals surface area contributed by atoms with Gasteiger partial charge >= 0.3 is 0 Å². The van der Waals surface area contributed by atoms with E-state index in [2.05, 4.69) is 22.0 Å². The molecule has 0 atom stereocenters. The molecule has 0 aliphatic rings. The molecule has 0 N–H and O–H groups in total. The zero-order chi connectivity index (χ0) is 10.4. The molecule has 0 saturated heterocycles. The highest BCUT2D eigenvalue weighted by Crippen LogP contribution is 2.21. The summed E-state index contributed by atoms with van der Waals surface area (Å²) in [4.78, 5) is 0. The number of hydrogen-bond donors (Lipinski definition) is 0. The lowest BCUT2D eigenvalue weighted by atomic mass is 10.1. The Bertz CT molecular complexity index is 344. The summed E-state index contributed by atoms with van der Waals surface area (Å²) in [6, 6.07) is 7.67. The number of benzene rings is 1. The fourth-order valence-electron chi connectivity index (χ4n) is 1.22. The average Bonchev–Trinajstić information content (AvgIpc) is 2.21. The molecule has 0 unspecified atom stereocenters. The van der Waals surface area contributed by atoms with Gasteiger partial charge in [-0.05, 0) is 31.0 Å². The number of halogens is 1. The molecule has 0 radical (unpaired) electrons. The number of alkyl halides is 1. The Hall–Kier alpha value is -1.01. The van der Waals surface area contributed by atoms with Gasteiger partial charge in [0, 0.05) is 5.33 Å². The highest BCUT2D eigenvalue weighted by atomic mass is 79.9. The minimum atomic E-state index is 0.629.